The maximum Gasteiger partial charge on any atom is 0.252 e. The molecule has 4 N–H and O–H groups in total. The third-order valence-electron chi connectivity index (χ3n) is 6.99. The highest BCUT2D eigenvalue weighted by Crippen LogP contribution is 2.44. The van der Waals surface area contributed by atoms with Crippen molar-refractivity contribution in [3.8, 4) is 11.1 Å². The van der Waals surface area contributed by atoms with Crippen LogP contribution >= 0.6 is 0 Å². The lowest BCUT2D eigenvalue weighted by atomic mass is 9.80. The van der Waals surface area contributed by atoms with E-state index < -0.39 is 5.91 Å². The van der Waals surface area contributed by atoms with Crippen molar-refractivity contribution in [3.05, 3.63) is 53.9 Å². The van der Waals surface area contributed by atoms with Crippen molar-refractivity contribution in [1.29, 1.82) is 0 Å². The Morgan fingerprint density at radius 2 is 1.87 bits per heavy atom. The number of nitrogens with two attached hydrogens (primary N) is 1. The van der Waals surface area contributed by atoms with Crippen molar-refractivity contribution in [1.82, 2.24) is 14.9 Å². The second-order valence-corrected chi connectivity index (χ2v) is 9.01. The van der Waals surface area contributed by atoms with Gasteiger partial charge in [0.25, 0.3) is 11.8 Å². The number of benzene rings is 1. The Kier molecular flexibility index (Phi) is 5.21. The first-order chi connectivity index (χ1) is 14.7. The first-order valence-electron chi connectivity index (χ1n) is 10.6. The number of amides is 2. The fraction of sp³-hybridized carbons (Fsp3) is 0.375. The molecular weight excluding hydrogens is 390 g/mol. The molecule has 1 fully saturated rings. The van der Waals surface area contributed by atoms with Gasteiger partial charge in [-0.05, 0) is 47.9 Å². The molecule has 2 heterocycles. The molecule has 2 atom stereocenters. The van der Waals surface area contributed by atoms with Crippen LogP contribution in [0.1, 0.15) is 54.3 Å². The molecule has 1 aromatic carbocycles. The minimum atomic E-state index is -0.501. The van der Waals surface area contributed by atoms with Crippen molar-refractivity contribution in [3.63, 3.8) is 0 Å². The van der Waals surface area contributed by atoms with E-state index in [9.17, 15) is 9.59 Å². The van der Waals surface area contributed by atoms with Crippen LogP contribution in [0.15, 0.2) is 42.7 Å². The predicted octanol–water partition coefficient (Wildman–Crippen LogP) is 3.70. The third-order valence-corrected chi connectivity index (χ3v) is 6.99. The van der Waals surface area contributed by atoms with Crippen LogP contribution in [0.4, 0.5) is 5.69 Å². The Labute approximate surface area is 182 Å². The molecule has 7 heteroatoms. The van der Waals surface area contributed by atoms with Gasteiger partial charge in [-0.2, -0.15) is 5.10 Å². The summed E-state index contributed by atoms with van der Waals surface area (Å²) in [6.45, 7) is 6.81. The maximum absolute atomic E-state index is 12.2. The van der Waals surface area contributed by atoms with Gasteiger partial charge in [0.15, 0.2) is 0 Å². The second-order valence-electron chi connectivity index (χ2n) is 9.01. The SMILES string of the molecule is CNC(=O)c1ccc(-c2cc3c(N[C@@H]4CCC(C)C4(C)C)c(C(N)=O)cnn3c2)cc1. The number of carbonyl (C=O) groups is 2. The molecule has 3 aromatic rings. The molecule has 7 nitrogen and oxygen atoms in total. The molecule has 162 valence electrons. The number of aromatic nitrogens is 2. The molecule has 2 amide bonds. The summed E-state index contributed by atoms with van der Waals surface area (Å²) >= 11 is 0. The summed E-state index contributed by atoms with van der Waals surface area (Å²) in [4.78, 5) is 24.0. The van der Waals surface area contributed by atoms with Gasteiger partial charge < -0.3 is 16.4 Å². The lowest BCUT2D eigenvalue weighted by Crippen LogP contribution is -2.35. The Morgan fingerprint density at radius 3 is 2.45 bits per heavy atom. The number of hydrogen-bond donors (Lipinski definition) is 3. The van der Waals surface area contributed by atoms with E-state index in [1.165, 1.54) is 6.20 Å². The van der Waals surface area contributed by atoms with Crippen molar-refractivity contribution in [2.75, 3.05) is 12.4 Å². The van der Waals surface area contributed by atoms with Crippen molar-refractivity contribution < 1.29 is 9.59 Å². The molecular formula is C24H29N5O2. The van der Waals surface area contributed by atoms with E-state index in [0.29, 0.717) is 17.0 Å². The molecule has 0 aliphatic heterocycles. The fourth-order valence-electron chi connectivity index (χ4n) is 4.45. The molecule has 1 saturated carbocycles. The lowest BCUT2D eigenvalue weighted by molar-refractivity contribution is 0.0961. The molecule has 0 radical (unpaired) electrons. The number of anilines is 1. The van der Waals surface area contributed by atoms with Gasteiger partial charge in [0.2, 0.25) is 0 Å². The van der Waals surface area contributed by atoms with Crippen molar-refractivity contribution in [2.24, 2.45) is 17.1 Å². The number of nitrogens with zero attached hydrogens (tertiary/aromatic N) is 2. The minimum absolute atomic E-state index is 0.0975. The van der Waals surface area contributed by atoms with Crippen molar-refractivity contribution in [2.45, 2.75) is 39.7 Å². The number of rotatable bonds is 5. The van der Waals surface area contributed by atoms with Crippen LogP contribution in [-0.4, -0.2) is 34.5 Å². The highest BCUT2D eigenvalue weighted by atomic mass is 16.1. The van der Waals surface area contributed by atoms with E-state index in [2.05, 4.69) is 36.5 Å². The number of hydrogen-bond acceptors (Lipinski definition) is 4. The summed E-state index contributed by atoms with van der Waals surface area (Å²) in [5, 5.41) is 10.7. The molecule has 1 aliphatic carbocycles. The summed E-state index contributed by atoms with van der Waals surface area (Å²) < 4.78 is 1.77. The van der Waals surface area contributed by atoms with Gasteiger partial charge in [-0.25, -0.2) is 4.52 Å². The number of fused-ring (bicyclic) bond motifs is 1. The van der Waals surface area contributed by atoms with E-state index in [-0.39, 0.29) is 17.4 Å². The Morgan fingerprint density at radius 1 is 1.16 bits per heavy atom. The normalized spacial score (nSPS) is 20.0. The largest absolute Gasteiger partial charge is 0.379 e. The van der Waals surface area contributed by atoms with Gasteiger partial charge in [0.05, 0.1) is 23.0 Å². The lowest BCUT2D eigenvalue weighted by Gasteiger charge is -2.33. The topological polar surface area (TPSA) is 102 Å². The molecule has 0 bridgehead atoms. The minimum Gasteiger partial charge on any atom is -0.379 e. The molecule has 2 aromatic heterocycles. The molecule has 1 aliphatic rings. The average molecular weight is 420 g/mol. The van der Waals surface area contributed by atoms with Crippen LogP contribution in [0, 0.1) is 11.3 Å². The molecule has 0 spiro atoms. The van der Waals surface area contributed by atoms with E-state index in [0.717, 1.165) is 35.2 Å². The number of carbonyl (C=O) groups excluding carboxylic acids is 2. The monoisotopic (exact) mass is 419 g/mol. The van der Waals surface area contributed by atoms with Crippen LogP contribution in [-0.2, 0) is 0 Å². The number of primary amides is 1. The van der Waals surface area contributed by atoms with Crippen LogP contribution in [0.5, 0.6) is 0 Å². The van der Waals surface area contributed by atoms with E-state index in [1.54, 1.807) is 23.7 Å². The summed E-state index contributed by atoms with van der Waals surface area (Å²) in [5.74, 6) is -0.0404. The van der Waals surface area contributed by atoms with Crippen molar-refractivity contribution >= 4 is 23.0 Å². The van der Waals surface area contributed by atoms with Crippen LogP contribution in [0.25, 0.3) is 16.6 Å². The van der Waals surface area contributed by atoms with E-state index in [1.807, 2.05) is 24.4 Å². The van der Waals surface area contributed by atoms with Crippen LogP contribution in [0.3, 0.4) is 0 Å². The summed E-state index contributed by atoms with van der Waals surface area (Å²) in [6, 6.07) is 9.63. The zero-order chi connectivity index (χ0) is 22.3. The summed E-state index contributed by atoms with van der Waals surface area (Å²) in [7, 11) is 1.61. The summed E-state index contributed by atoms with van der Waals surface area (Å²) in [6.07, 6.45) is 5.63. The smallest absolute Gasteiger partial charge is 0.252 e. The van der Waals surface area contributed by atoms with E-state index in [4.69, 9.17) is 5.73 Å². The first-order valence-corrected chi connectivity index (χ1v) is 10.6. The molecule has 1 unspecified atom stereocenters. The third kappa shape index (κ3) is 3.65. The zero-order valence-electron chi connectivity index (χ0n) is 18.4. The Bertz CT molecular complexity index is 1150. The predicted molar refractivity (Wildman–Crippen MR) is 122 cm³/mol. The molecule has 0 saturated heterocycles. The van der Waals surface area contributed by atoms with Gasteiger partial charge in [0.1, 0.15) is 0 Å². The van der Waals surface area contributed by atoms with Crippen LogP contribution < -0.4 is 16.4 Å². The van der Waals surface area contributed by atoms with E-state index >= 15 is 0 Å². The maximum atomic E-state index is 12.2. The zero-order valence-corrected chi connectivity index (χ0v) is 18.4. The highest BCUT2D eigenvalue weighted by Gasteiger charge is 2.41. The molecule has 4 rings (SSSR count). The molecule has 31 heavy (non-hydrogen) atoms. The fourth-order valence-corrected chi connectivity index (χ4v) is 4.45. The Balaban J connectivity index is 1.76. The average Bonchev–Trinajstić information content (AvgIpc) is 3.29. The van der Waals surface area contributed by atoms with Gasteiger partial charge in [-0.1, -0.05) is 32.9 Å². The van der Waals surface area contributed by atoms with Gasteiger partial charge >= 0.3 is 0 Å². The second kappa shape index (κ2) is 7.72. The standard InChI is InChI=1S/C24H29N5O2/c1-14-5-10-20(24(14,2)3)28-21-18(22(25)30)12-27-29-13-17(11-19(21)29)15-6-8-16(9-7-15)23(31)26-4/h6-9,11-14,20,28H,5,10H2,1-4H3,(H2,25,30)(H,26,31)/t14?,20-/m1/s1. The van der Waals surface area contributed by atoms with Crippen LogP contribution in [0.2, 0.25) is 0 Å². The van der Waals surface area contributed by atoms with Gasteiger partial charge in [0, 0.05) is 30.4 Å². The number of nitrogens with one attached hydrogen (secondary N) is 2. The highest BCUT2D eigenvalue weighted by molar-refractivity contribution is 6.02. The first kappa shape index (κ1) is 20.9. The van der Waals surface area contributed by atoms with Gasteiger partial charge in [-0.15, -0.1) is 0 Å². The van der Waals surface area contributed by atoms with Gasteiger partial charge in [-0.3, -0.25) is 9.59 Å². The summed E-state index contributed by atoms with van der Waals surface area (Å²) in [5.41, 5.74) is 10.2. The quantitative estimate of drug-likeness (QED) is 0.587. The Hall–Kier alpha value is -3.35.